The molecular formula is C24H29N5O4. The molecule has 0 bridgehead atoms. The maximum absolute atomic E-state index is 13.0. The van der Waals surface area contributed by atoms with Crippen molar-refractivity contribution in [2.24, 2.45) is 7.05 Å². The first-order chi connectivity index (χ1) is 15.9. The molecule has 1 aromatic carbocycles. The Kier molecular flexibility index (Phi) is 6.48. The Morgan fingerprint density at radius 2 is 1.97 bits per heavy atom. The molecule has 2 heterocycles. The molecule has 0 unspecified atom stereocenters. The molecule has 1 fully saturated rings. The third kappa shape index (κ3) is 4.76. The summed E-state index contributed by atoms with van der Waals surface area (Å²) in [5, 5.41) is 11.3. The third-order valence-electron chi connectivity index (χ3n) is 6.22. The number of nitrogens with zero attached hydrogens (tertiary/aromatic N) is 3. The first-order valence-corrected chi connectivity index (χ1v) is 11.2. The van der Waals surface area contributed by atoms with E-state index in [2.05, 4.69) is 10.6 Å². The molecule has 174 valence electrons. The molecule has 9 heteroatoms. The quantitative estimate of drug-likeness (QED) is 0.599. The van der Waals surface area contributed by atoms with Crippen LogP contribution in [0, 0.1) is 0 Å². The number of methoxy groups -OCH3 is 1. The van der Waals surface area contributed by atoms with Crippen molar-refractivity contribution in [3.05, 3.63) is 52.6 Å². The second kappa shape index (κ2) is 9.48. The summed E-state index contributed by atoms with van der Waals surface area (Å²) in [4.78, 5) is 36.9. The lowest BCUT2D eigenvalue weighted by atomic mass is 9.91. The molecular weight excluding hydrogens is 422 g/mol. The van der Waals surface area contributed by atoms with Crippen LogP contribution in [0.15, 0.2) is 41.5 Å². The highest BCUT2D eigenvalue weighted by molar-refractivity contribution is 6.08. The summed E-state index contributed by atoms with van der Waals surface area (Å²) in [5.41, 5.74) is 0.987. The lowest BCUT2D eigenvalue weighted by molar-refractivity contribution is -0.121. The van der Waals surface area contributed by atoms with Crippen molar-refractivity contribution in [1.29, 1.82) is 0 Å². The van der Waals surface area contributed by atoms with E-state index in [4.69, 9.17) is 9.84 Å². The highest BCUT2D eigenvalue weighted by Gasteiger charge is 2.24. The number of fused-ring (bicyclic) bond motifs is 1. The van der Waals surface area contributed by atoms with Crippen molar-refractivity contribution < 1.29 is 14.3 Å². The first kappa shape index (κ1) is 22.6. The van der Waals surface area contributed by atoms with Crippen LogP contribution in [-0.4, -0.2) is 39.3 Å². The maximum Gasteiger partial charge on any atom is 0.274 e. The molecule has 0 radical (unpaired) electrons. The van der Waals surface area contributed by atoms with Gasteiger partial charge in [-0.15, -0.1) is 0 Å². The van der Waals surface area contributed by atoms with Gasteiger partial charge in [-0.1, -0.05) is 6.92 Å². The Bertz CT molecular complexity index is 1240. The van der Waals surface area contributed by atoms with E-state index < -0.39 is 5.91 Å². The summed E-state index contributed by atoms with van der Waals surface area (Å²) >= 11 is 0. The van der Waals surface area contributed by atoms with Crippen molar-refractivity contribution in [2.75, 3.05) is 12.4 Å². The second-order valence-electron chi connectivity index (χ2n) is 8.44. The van der Waals surface area contributed by atoms with Gasteiger partial charge in [-0.3, -0.25) is 19.1 Å². The summed E-state index contributed by atoms with van der Waals surface area (Å²) in [6.07, 6.45) is 7.74. The van der Waals surface area contributed by atoms with Crippen molar-refractivity contribution >= 4 is 28.4 Å². The van der Waals surface area contributed by atoms with Crippen LogP contribution in [-0.2, 0) is 11.8 Å². The maximum atomic E-state index is 13.0. The molecule has 0 saturated heterocycles. The van der Waals surface area contributed by atoms with E-state index in [0.717, 1.165) is 36.6 Å². The monoisotopic (exact) mass is 451 g/mol. The zero-order valence-corrected chi connectivity index (χ0v) is 19.1. The second-order valence-corrected chi connectivity index (χ2v) is 8.44. The molecule has 4 rings (SSSR count). The van der Waals surface area contributed by atoms with E-state index in [9.17, 15) is 14.4 Å². The number of amides is 2. The molecule has 2 amide bonds. The van der Waals surface area contributed by atoms with Gasteiger partial charge in [-0.05, 0) is 43.9 Å². The van der Waals surface area contributed by atoms with Crippen LogP contribution in [0.5, 0.6) is 5.75 Å². The minimum absolute atomic E-state index is 0.0922. The lowest BCUT2D eigenvalue weighted by Gasteiger charge is -2.29. The number of rotatable bonds is 6. The number of ether oxygens (including phenoxy) is 1. The zero-order chi connectivity index (χ0) is 23.5. The van der Waals surface area contributed by atoms with Gasteiger partial charge in [0.15, 0.2) is 0 Å². The fraction of sp³-hybridized carbons (Fsp3) is 0.417. The average Bonchev–Trinajstić information content (AvgIpc) is 3.24. The molecule has 1 saturated carbocycles. The van der Waals surface area contributed by atoms with Crippen LogP contribution in [0.3, 0.4) is 0 Å². The van der Waals surface area contributed by atoms with Crippen LogP contribution < -0.4 is 20.9 Å². The number of hydrogen-bond acceptors (Lipinski definition) is 5. The van der Waals surface area contributed by atoms with E-state index in [1.807, 2.05) is 17.8 Å². The van der Waals surface area contributed by atoms with E-state index in [1.165, 1.54) is 11.7 Å². The minimum atomic E-state index is -0.419. The first-order valence-electron chi connectivity index (χ1n) is 11.2. The predicted octanol–water partition coefficient (Wildman–Crippen LogP) is 3.01. The number of hydrogen-bond donors (Lipinski definition) is 2. The molecule has 0 aliphatic heterocycles. The Labute approximate surface area is 191 Å². The Morgan fingerprint density at radius 3 is 2.67 bits per heavy atom. The van der Waals surface area contributed by atoms with E-state index in [0.29, 0.717) is 17.7 Å². The van der Waals surface area contributed by atoms with E-state index >= 15 is 0 Å². The Morgan fingerprint density at radius 1 is 1.21 bits per heavy atom. The van der Waals surface area contributed by atoms with Gasteiger partial charge >= 0.3 is 0 Å². The number of aryl methyl sites for hydroxylation is 1. The van der Waals surface area contributed by atoms with Crippen LogP contribution in [0.1, 0.15) is 55.4 Å². The molecule has 33 heavy (non-hydrogen) atoms. The lowest BCUT2D eigenvalue weighted by Crippen LogP contribution is -2.37. The SMILES string of the molecule is CCC(=O)NC1CCC(n2cc3cc(C(=O)Nc4cccn(C)c4=O)c(OC)cc3n2)CC1. The van der Waals surface area contributed by atoms with Gasteiger partial charge < -0.3 is 19.9 Å². The number of carbonyl (C=O) groups excluding carboxylic acids is 2. The van der Waals surface area contributed by atoms with E-state index in [1.54, 1.807) is 37.5 Å². The largest absolute Gasteiger partial charge is 0.496 e. The fourth-order valence-corrected chi connectivity index (χ4v) is 4.30. The molecule has 0 atom stereocenters. The predicted molar refractivity (Wildman–Crippen MR) is 126 cm³/mol. The Balaban J connectivity index is 1.54. The number of nitrogens with one attached hydrogen (secondary N) is 2. The van der Waals surface area contributed by atoms with Crippen molar-refractivity contribution in [3.63, 3.8) is 0 Å². The van der Waals surface area contributed by atoms with Gasteiger partial charge in [0.05, 0.1) is 24.2 Å². The topological polar surface area (TPSA) is 107 Å². The van der Waals surface area contributed by atoms with Gasteiger partial charge in [0.2, 0.25) is 5.91 Å². The molecule has 3 aromatic rings. The summed E-state index contributed by atoms with van der Waals surface area (Å²) in [6.45, 7) is 1.86. The standard InChI is InChI=1S/C24H29N5O4/c1-4-22(30)25-16-7-9-17(10-8-16)29-14-15-12-18(21(33-3)13-20(15)27-29)23(31)26-19-6-5-11-28(2)24(19)32/h5-6,11-14,16-17H,4,7-10H2,1-3H3,(H,25,30)(H,26,31). The van der Waals surface area contributed by atoms with E-state index in [-0.39, 0.29) is 29.2 Å². The minimum Gasteiger partial charge on any atom is -0.496 e. The van der Waals surface area contributed by atoms with Gasteiger partial charge in [0.25, 0.3) is 11.5 Å². The number of pyridine rings is 1. The molecule has 1 aliphatic carbocycles. The highest BCUT2D eigenvalue weighted by Crippen LogP contribution is 2.31. The summed E-state index contributed by atoms with van der Waals surface area (Å²) in [7, 11) is 3.13. The number of benzene rings is 1. The van der Waals surface area contributed by atoms with Crippen LogP contribution >= 0.6 is 0 Å². The van der Waals surface area contributed by atoms with Gasteiger partial charge in [0, 0.05) is 43.4 Å². The van der Waals surface area contributed by atoms with Crippen LogP contribution in [0.25, 0.3) is 10.9 Å². The van der Waals surface area contributed by atoms with Crippen molar-refractivity contribution in [3.8, 4) is 5.75 Å². The number of carbonyl (C=O) groups is 2. The molecule has 0 spiro atoms. The normalized spacial score (nSPS) is 18.2. The number of anilines is 1. The third-order valence-corrected chi connectivity index (χ3v) is 6.22. The van der Waals surface area contributed by atoms with Crippen molar-refractivity contribution in [2.45, 2.75) is 51.1 Å². The fourth-order valence-electron chi connectivity index (χ4n) is 4.30. The smallest absolute Gasteiger partial charge is 0.274 e. The van der Waals surface area contributed by atoms with Crippen molar-refractivity contribution in [1.82, 2.24) is 19.7 Å². The zero-order valence-electron chi connectivity index (χ0n) is 19.1. The van der Waals surface area contributed by atoms with Gasteiger partial charge in [0.1, 0.15) is 11.4 Å². The molecule has 2 N–H and O–H groups in total. The van der Waals surface area contributed by atoms with Crippen LogP contribution in [0.2, 0.25) is 0 Å². The average molecular weight is 452 g/mol. The molecule has 2 aromatic heterocycles. The summed E-state index contributed by atoms with van der Waals surface area (Å²) in [6, 6.07) is 7.22. The summed E-state index contributed by atoms with van der Waals surface area (Å²) in [5.74, 6) is 0.0653. The molecule has 1 aliphatic rings. The Hall–Kier alpha value is -3.62. The highest BCUT2D eigenvalue weighted by atomic mass is 16.5. The van der Waals surface area contributed by atoms with Crippen LogP contribution in [0.4, 0.5) is 5.69 Å². The number of aromatic nitrogens is 3. The molecule has 9 nitrogen and oxygen atoms in total. The van der Waals surface area contributed by atoms with Gasteiger partial charge in [-0.25, -0.2) is 0 Å². The van der Waals surface area contributed by atoms with Gasteiger partial charge in [-0.2, -0.15) is 5.10 Å². The summed E-state index contributed by atoms with van der Waals surface area (Å²) < 4.78 is 8.81.